The Morgan fingerprint density at radius 3 is 2.65 bits per heavy atom. The van der Waals surface area contributed by atoms with E-state index in [1.807, 2.05) is 0 Å². The van der Waals surface area contributed by atoms with Crippen LogP contribution in [0.1, 0.15) is 10.4 Å². The van der Waals surface area contributed by atoms with Gasteiger partial charge in [0, 0.05) is 16.1 Å². The maximum absolute atomic E-state index is 10.9. The van der Waals surface area contributed by atoms with Crippen molar-refractivity contribution in [1.82, 2.24) is 0 Å². The number of aldehydes is 1. The first-order valence-corrected chi connectivity index (χ1v) is 6.55. The maximum Gasteiger partial charge on any atom is 0.313 e. The highest BCUT2D eigenvalue weighted by molar-refractivity contribution is 9.10. The molecule has 0 aliphatic heterocycles. The van der Waals surface area contributed by atoms with Gasteiger partial charge in [0.05, 0.1) is 9.95 Å². The van der Waals surface area contributed by atoms with E-state index in [9.17, 15) is 14.9 Å². The Bertz CT molecular complexity index is 690. The summed E-state index contributed by atoms with van der Waals surface area (Å²) in [7, 11) is 0. The highest BCUT2D eigenvalue weighted by atomic mass is 79.9. The second kappa shape index (κ2) is 6.02. The molecule has 20 heavy (non-hydrogen) atoms. The molecule has 0 amide bonds. The van der Waals surface area contributed by atoms with Crippen LogP contribution in [0.15, 0.2) is 40.9 Å². The summed E-state index contributed by atoms with van der Waals surface area (Å²) in [5.41, 5.74) is 0.221. The molecular formula is C13H7BrClNO4. The average Bonchev–Trinajstić information content (AvgIpc) is 2.41. The minimum Gasteiger partial charge on any atom is -0.448 e. The predicted molar refractivity (Wildman–Crippen MR) is 77.7 cm³/mol. The van der Waals surface area contributed by atoms with Gasteiger partial charge in [-0.1, -0.05) is 17.7 Å². The Morgan fingerprint density at radius 1 is 1.30 bits per heavy atom. The molecule has 7 heteroatoms. The van der Waals surface area contributed by atoms with Gasteiger partial charge in [-0.25, -0.2) is 0 Å². The lowest BCUT2D eigenvalue weighted by atomic mass is 10.2. The Kier molecular flexibility index (Phi) is 4.36. The number of halogens is 2. The van der Waals surface area contributed by atoms with Gasteiger partial charge in [0.2, 0.25) is 5.75 Å². The number of carbonyl (C=O) groups is 1. The van der Waals surface area contributed by atoms with Gasteiger partial charge in [0.15, 0.2) is 6.29 Å². The minimum absolute atomic E-state index is 0.0371. The molecule has 0 N–H and O–H groups in total. The molecule has 0 saturated carbocycles. The van der Waals surface area contributed by atoms with Gasteiger partial charge in [-0.05, 0) is 40.2 Å². The van der Waals surface area contributed by atoms with Crippen LogP contribution in [0.2, 0.25) is 5.02 Å². The van der Waals surface area contributed by atoms with Crippen molar-refractivity contribution in [3.8, 4) is 11.5 Å². The number of para-hydroxylation sites is 1. The molecule has 0 radical (unpaired) electrons. The first kappa shape index (κ1) is 14.5. The highest BCUT2D eigenvalue weighted by Crippen LogP contribution is 2.38. The van der Waals surface area contributed by atoms with E-state index < -0.39 is 4.92 Å². The van der Waals surface area contributed by atoms with Crippen molar-refractivity contribution in [1.29, 1.82) is 0 Å². The topological polar surface area (TPSA) is 69.4 Å². The second-order valence-corrected chi connectivity index (χ2v) is 5.01. The molecule has 0 aromatic heterocycles. The number of benzene rings is 2. The highest BCUT2D eigenvalue weighted by Gasteiger charge is 2.19. The molecular weight excluding hydrogens is 350 g/mol. The van der Waals surface area contributed by atoms with Crippen LogP contribution in [-0.4, -0.2) is 11.2 Å². The molecule has 2 rings (SSSR count). The molecule has 0 heterocycles. The van der Waals surface area contributed by atoms with Crippen LogP contribution in [0.5, 0.6) is 11.5 Å². The molecule has 0 aliphatic rings. The first-order chi connectivity index (χ1) is 9.52. The van der Waals surface area contributed by atoms with Gasteiger partial charge < -0.3 is 4.74 Å². The molecule has 2 aromatic rings. The van der Waals surface area contributed by atoms with Crippen molar-refractivity contribution < 1.29 is 14.5 Å². The molecule has 0 spiro atoms. The largest absolute Gasteiger partial charge is 0.448 e. The lowest BCUT2D eigenvalue weighted by Gasteiger charge is -2.08. The molecule has 0 unspecified atom stereocenters. The number of nitro groups is 1. The Labute approximate surface area is 127 Å². The smallest absolute Gasteiger partial charge is 0.313 e. The van der Waals surface area contributed by atoms with Crippen molar-refractivity contribution in [3.63, 3.8) is 0 Å². The summed E-state index contributed by atoms with van der Waals surface area (Å²) in [6.07, 6.45) is 0.686. The fourth-order valence-electron chi connectivity index (χ4n) is 1.53. The summed E-state index contributed by atoms with van der Waals surface area (Å²) in [5, 5.41) is 11.1. The Balaban J connectivity index is 2.42. The van der Waals surface area contributed by atoms with E-state index in [0.29, 0.717) is 22.1 Å². The fraction of sp³-hybridized carbons (Fsp3) is 0. The molecule has 0 fully saturated rings. The first-order valence-electron chi connectivity index (χ1n) is 5.38. The van der Waals surface area contributed by atoms with Crippen molar-refractivity contribution in [2.45, 2.75) is 0 Å². The third-order valence-electron chi connectivity index (χ3n) is 2.46. The van der Waals surface area contributed by atoms with E-state index in [-0.39, 0.29) is 16.5 Å². The second-order valence-electron chi connectivity index (χ2n) is 3.75. The zero-order valence-electron chi connectivity index (χ0n) is 9.88. The van der Waals surface area contributed by atoms with E-state index in [1.54, 1.807) is 0 Å². The SMILES string of the molecule is O=Cc1ccc(Oc2c(Cl)cccc2[N+](=O)[O-])cc1Br. The van der Waals surface area contributed by atoms with Crippen LogP contribution in [0.4, 0.5) is 5.69 Å². The zero-order valence-corrected chi connectivity index (χ0v) is 12.2. The standard InChI is InChI=1S/C13H7BrClNO4/c14-10-6-9(5-4-8(10)7-17)20-13-11(15)2-1-3-12(13)16(18)19/h1-7H. The van der Waals surface area contributed by atoms with Gasteiger partial charge in [0.25, 0.3) is 0 Å². The Morgan fingerprint density at radius 2 is 2.05 bits per heavy atom. The Hall–Kier alpha value is -1.92. The summed E-state index contributed by atoms with van der Waals surface area (Å²) >= 11 is 9.13. The zero-order chi connectivity index (χ0) is 14.7. The molecule has 0 bridgehead atoms. The number of ether oxygens (including phenoxy) is 1. The molecule has 0 aliphatic carbocycles. The quantitative estimate of drug-likeness (QED) is 0.455. The third-order valence-corrected chi connectivity index (χ3v) is 3.45. The lowest BCUT2D eigenvalue weighted by molar-refractivity contribution is -0.385. The molecule has 5 nitrogen and oxygen atoms in total. The average molecular weight is 357 g/mol. The van der Waals surface area contributed by atoms with Crippen LogP contribution < -0.4 is 4.74 Å². The van der Waals surface area contributed by atoms with Crippen LogP contribution in [0.25, 0.3) is 0 Å². The number of nitro benzene ring substituents is 1. The molecule has 0 saturated heterocycles. The molecule has 0 atom stereocenters. The van der Waals surface area contributed by atoms with E-state index in [0.717, 1.165) is 0 Å². The van der Waals surface area contributed by atoms with Crippen LogP contribution in [0.3, 0.4) is 0 Å². The van der Waals surface area contributed by atoms with E-state index >= 15 is 0 Å². The number of nitrogens with zero attached hydrogens (tertiary/aromatic N) is 1. The molecule has 102 valence electrons. The number of hydrogen-bond donors (Lipinski definition) is 0. The van der Waals surface area contributed by atoms with Crippen LogP contribution in [0, 0.1) is 10.1 Å². The number of carbonyl (C=O) groups excluding carboxylic acids is 1. The predicted octanol–water partition coefficient (Wildman–Crippen LogP) is 4.62. The minimum atomic E-state index is -0.573. The van der Waals surface area contributed by atoms with Gasteiger partial charge in [-0.15, -0.1) is 0 Å². The van der Waals surface area contributed by atoms with Crippen molar-refractivity contribution >= 4 is 39.5 Å². The molecule has 2 aromatic carbocycles. The maximum atomic E-state index is 10.9. The summed E-state index contributed by atoms with van der Waals surface area (Å²) in [6, 6.07) is 8.88. The lowest BCUT2D eigenvalue weighted by Crippen LogP contribution is -1.94. The van der Waals surface area contributed by atoms with Gasteiger partial charge in [0.1, 0.15) is 5.75 Å². The van der Waals surface area contributed by atoms with Gasteiger partial charge in [-0.2, -0.15) is 0 Å². The van der Waals surface area contributed by atoms with Crippen molar-refractivity contribution in [2.75, 3.05) is 0 Å². The van der Waals surface area contributed by atoms with E-state index in [1.165, 1.54) is 36.4 Å². The van der Waals surface area contributed by atoms with E-state index in [4.69, 9.17) is 16.3 Å². The van der Waals surface area contributed by atoms with Crippen molar-refractivity contribution in [2.24, 2.45) is 0 Å². The van der Waals surface area contributed by atoms with Gasteiger partial charge in [-0.3, -0.25) is 14.9 Å². The van der Waals surface area contributed by atoms with E-state index in [2.05, 4.69) is 15.9 Å². The summed E-state index contributed by atoms with van der Waals surface area (Å²) in [6.45, 7) is 0. The third kappa shape index (κ3) is 2.97. The van der Waals surface area contributed by atoms with Crippen LogP contribution >= 0.6 is 27.5 Å². The number of rotatable bonds is 4. The van der Waals surface area contributed by atoms with Crippen molar-refractivity contribution in [3.05, 3.63) is 61.6 Å². The fourth-order valence-corrected chi connectivity index (χ4v) is 2.19. The number of hydrogen-bond acceptors (Lipinski definition) is 4. The summed E-state index contributed by atoms with van der Waals surface area (Å²) in [5.74, 6) is 0.295. The summed E-state index contributed by atoms with van der Waals surface area (Å²) in [4.78, 5) is 21.1. The van der Waals surface area contributed by atoms with Crippen LogP contribution in [-0.2, 0) is 0 Å². The monoisotopic (exact) mass is 355 g/mol. The summed E-state index contributed by atoms with van der Waals surface area (Å²) < 4.78 is 5.99. The normalized spacial score (nSPS) is 10.1. The van der Waals surface area contributed by atoms with Gasteiger partial charge >= 0.3 is 5.69 Å².